The second-order valence-corrected chi connectivity index (χ2v) is 5.40. The van der Waals surface area contributed by atoms with E-state index in [1.54, 1.807) is 0 Å². The number of ether oxygens (including phenoxy) is 1. The quantitative estimate of drug-likeness (QED) is 0.595. The van der Waals surface area contributed by atoms with Crippen LogP contribution in [0, 0.1) is 0 Å². The van der Waals surface area contributed by atoms with Gasteiger partial charge in [0.15, 0.2) is 11.1 Å². The number of benzene rings is 1. The highest BCUT2D eigenvalue weighted by molar-refractivity contribution is 7.85. The summed E-state index contributed by atoms with van der Waals surface area (Å²) in [5, 5.41) is 0. The van der Waals surface area contributed by atoms with E-state index in [9.17, 15) is 12.6 Å². The first kappa shape index (κ1) is 13.1. The molecule has 0 radical (unpaired) electrons. The molecule has 1 aromatic rings. The van der Waals surface area contributed by atoms with Crippen molar-refractivity contribution in [2.75, 3.05) is 12.4 Å². The molecule has 1 rings (SSSR count). The molecule has 0 spiro atoms. The molecular formula is C8H10O6S2. The zero-order valence-electron chi connectivity index (χ0n) is 8.07. The molecule has 0 aliphatic carbocycles. The SMILES string of the molecule is O=S(O)c1ccc(OCCS(=O)(=O)O)cc1. The highest BCUT2D eigenvalue weighted by atomic mass is 32.2. The fourth-order valence-corrected chi connectivity index (χ4v) is 1.58. The lowest BCUT2D eigenvalue weighted by molar-refractivity contribution is 0.335. The Balaban J connectivity index is 2.53. The summed E-state index contributed by atoms with van der Waals surface area (Å²) in [6.45, 7) is -0.180. The summed E-state index contributed by atoms with van der Waals surface area (Å²) >= 11 is -2.05. The fourth-order valence-electron chi connectivity index (χ4n) is 0.917. The van der Waals surface area contributed by atoms with Crippen LogP contribution < -0.4 is 4.74 Å². The van der Waals surface area contributed by atoms with Gasteiger partial charge in [0, 0.05) is 0 Å². The number of rotatable bonds is 5. The summed E-state index contributed by atoms with van der Waals surface area (Å²) in [4.78, 5) is 0.224. The fraction of sp³-hybridized carbons (Fsp3) is 0.250. The van der Waals surface area contributed by atoms with Gasteiger partial charge >= 0.3 is 0 Å². The van der Waals surface area contributed by atoms with Crippen LogP contribution in [0.15, 0.2) is 29.2 Å². The Labute approximate surface area is 95.3 Å². The molecule has 0 fully saturated rings. The van der Waals surface area contributed by atoms with Crippen molar-refractivity contribution in [3.63, 3.8) is 0 Å². The molecule has 0 saturated heterocycles. The van der Waals surface area contributed by atoms with Crippen molar-refractivity contribution in [3.05, 3.63) is 24.3 Å². The molecule has 1 unspecified atom stereocenters. The van der Waals surface area contributed by atoms with Crippen molar-refractivity contribution in [2.45, 2.75) is 4.90 Å². The van der Waals surface area contributed by atoms with Crippen LogP contribution >= 0.6 is 0 Å². The second kappa shape index (κ2) is 5.39. The van der Waals surface area contributed by atoms with E-state index in [2.05, 4.69) is 0 Å². The van der Waals surface area contributed by atoms with E-state index < -0.39 is 27.0 Å². The minimum atomic E-state index is -4.03. The zero-order valence-corrected chi connectivity index (χ0v) is 9.70. The maximum absolute atomic E-state index is 10.6. The van der Waals surface area contributed by atoms with E-state index in [4.69, 9.17) is 13.8 Å². The molecule has 0 aliphatic heterocycles. The molecule has 1 atom stereocenters. The summed E-state index contributed by atoms with van der Waals surface area (Å²) < 4.78 is 53.5. The maximum atomic E-state index is 10.6. The van der Waals surface area contributed by atoms with Gasteiger partial charge in [-0.05, 0) is 24.3 Å². The van der Waals surface area contributed by atoms with Crippen molar-refractivity contribution in [2.24, 2.45) is 0 Å². The molecule has 8 heteroatoms. The van der Waals surface area contributed by atoms with Crippen LogP contribution in [0.1, 0.15) is 0 Å². The highest BCUT2D eigenvalue weighted by Gasteiger charge is 2.05. The molecule has 0 amide bonds. The molecule has 2 N–H and O–H groups in total. The second-order valence-electron chi connectivity index (χ2n) is 2.86. The lowest BCUT2D eigenvalue weighted by Crippen LogP contribution is -2.12. The lowest BCUT2D eigenvalue weighted by Gasteiger charge is -2.04. The third-order valence-corrected chi connectivity index (χ3v) is 2.99. The number of hydrogen-bond donors (Lipinski definition) is 2. The van der Waals surface area contributed by atoms with Gasteiger partial charge in [-0.2, -0.15) is 8.42 Å². The average molecular weight is 266 g/mol. The van der Waals surface area contributed by atoms with E-state index in [1.165, 1.54) is 24.3 Å². The van der Waals surface area contributed by atoms with Gasteiger partial charge in [-0.15, -0.1) is 0 Å². The number of hydrogen-bond acceptors (Lipinski definition) is 4. The third-order valence-electron chi connectivity index (χ3n) is 1.64. The van der Waals surface area contributed by atoms with E-state index in [1.807, 2.05) is 0 Å². The minimum Gasteiger partial charge on any atom is -0.492 e. The van der Waals surface area contributed by atoms with Crippen molar-refractivity contribution in [1.82, 2.24) is 0 Å². The molecule has 0 aliphatic rings. The normalized spacial score (nSPS) is 13.4. The summed E-state index contributed by atoms with van der Waals surface area (Å²) in [6, 6.07) is 5.65. The molecule has 0 saturated carbocycles. The van der Waals surface area contributed by atoms with Crippen LogP contribution in [0.25, 0.3) is 0 Å². The topological polar surface area (TPSA) is 101 Å². The summed E-state index contributed by atoms with van der Waals surface area (Å²) in [6.07, 6.45) is 0. The predicted molar refractivity (Wildman–Crippen MR) is 57.4 cm³/mol. The van der Waals surface area contributed by atoms with Crippen LogP contribution in [0.5, 0.6) is 5.75 Å². The molecule has 16 heavy (non-hydrogen) atoms. The first-order valence-electron chi connectivity index (χ1n) is 4.17. The van der Waals surface area contributed by atoms with Gasteiger partial charge in [0.05, 0.1) is 4.90 Å². The standard InChI is InChI=1S/C8H10O6S2/c9-15(10)8-3-1-7(2-4-8)14-5-6-16(11,12)13/h1-4H,5-6H2,(H,9,10)(H,11,12,13). The third kappa shape index (κ3) is 4.71. The molecule has 0 heterocycles. The van der Waals surface area contributed by atoms with Crippen molar-refractivity contribution in [3.8, 4) is 5.75 Å². The predicted octanol–water partition coefficient (Wildman–Crippen LogP) is 0.534. The Morgan fingerprint density at radius 2 is 1.81 bits per heavy atom. The van der Waals surface area contributed by atoms with Crippen LogP contribution in [-0.4, -0.2) is 34.1 Å². The van der Waals surface area contributed by atoms with Crippen LogP contribution in [0.4, 0.5) is 0 Å². The molecule has 1 aromatic carbocycles. The van der Waals surface area contributed by atoms with Crippen LogP contribution in [0.2, 0.25) is 0 Å². The van der Waals surface area contributed by atoms with Crippen LogP contribution in [0.3, 0.4) is 0 Å². The Bertz CT molecular complexity index is 464. The van der Waals surface area contributed by atoms with E-state index >= 15 is 0 Å². The van der Waals surface area contributed by atoms with Gasteiger partial charge in [-0.3, -0.25) is 4.55 Å². The Morgan fingerprint density at radius 1 is 1.25 bits per heavy atom. The van der Waals surface area contributed by atoms with Crippen molar-refractivity contribution in [1.29, 1.82) is 0 Å². The first-order chi connectivity index (χ1) is 7.38. The summed E-state index contributed by atoms with van der Waals surface area (Å²) in [7, 11) is -4.03. The average Bonchev–Trinajstić information content (AvgIpc) is 2.16. The smallest absolute Gasteiger partial charge is 0.268 e. The zero-order chi connectivity index (χ0) is 12.2. The molecular weight excluding hydrogens is 256 g/mol. The van der Waals surface area contributed by atoms with Gasteiger partial charge in [0.25, 0.3) is 10.1 Å². The van der Waals surface area contributed by atoms with Crippen molar-refractivity contribution >= 4 is 21.2 Å². The monoisotopic (exact) mass is 266 g/mol. The molecule has 6 nitrogen and oxygen atoms in total. The van der Waals surface area contributed by atoms with Gasteiger partial charge in [-0.25, -0.2) is 4.21 Å². The Hall–Kier alpha value is -0.960. The minimum absolute atomic E-state index is 0.180. The van der Waals surface area contributed by atoms with E-state index in [-0.39, 0.29) is 11.5 Å². The first-order valence-corrected chi connectivity index (χ1v) is 6.89. The van der Waals surface area contributed by atoms with Gasteiger partial charge in [-0.1, -0.05) is 0 Å². The van der Waals surface area contributed by atoms with E-state index in [0.29, 0.717) is 5.75 Å². The highest BCUT2D eigenvalue weighted by Crippen LogP contribution is 2.13. The van der Waals surface area contributed by atoms with Gasteiger partial charge < -0.3 is 9.29 Å². The molecule has 0 bridgehead atoms. The molecule has 0 aromatic heterocycles. The largest absolute Gasteiger partial charge is 0.492 e. The van der Waals surface area contributed by atoms with Gasteiger partial charge in [0.1, 0.15) is 18.1 Å². The summed E-state index contributed by atoms with van der Waals surface area (Å²) in [5.41, 5.74) is 0. The Kier molecular flexibility index (Phi) is 4.42. The maximum Gasteiger partial charge on any atom is 0.268 e. The van der Waals surface area contributed by atoms with Crippen LogP contribution in [-0.2, 0) is 21.2 Å². The van der Waals surface area contributed by atoms with Gasteiger partial charge in [0.2, 0.25) is 0 Å². The summed E-state index contributed by atoms with van der Waals surface area (Å²) in [5.74, 6) is -0.140. The molecule has 90 valence electrons. The van der Waals surface area contributed by atoms with Crippen molar-refractivity contribution < 1.29 is 26.5 Å². The van der Waals surface area contributed by atoms with E-state index in [0.717, 1.165) is 0 Å². The lowest BCUT2D eigenvalue weighted by atomic mass is 10.3. The Morgan fingerprint density at radius 3 is 2.25 bits per heavy atom.